The second-order valence-corrected chi connectivity index (χ2v) is 6.87. The smallest absolute Gasteiger partial charge is 0.305 e. The minimum absolute atomic E-state index is 0.0212. The van der Waals surface area contributed by atoms with E-state index >= 15 is 0 Å². The third-order valence-corrected chi connectivity index (χ3v) is 5.13. The first-order valence-corrected chi connectivity index (χ1v) is 8.40. The van der Waals surface area contributed by atoms with E-state index in [1.165, 1.54) is 11.3 Å². The number of nitrogens with zero attached hydrogens (tertiary/aromatic N) is 1. The van der Waals surface area contributed by atoms with Gasteiger partial charge in [0.05, 0.1) is 12.6 Å². The summed E-state index contributed by atoms with van der Waals surface area (Å²) >= 11 is 2.91. The Morgan fingerprint density at radius 2 is 2.29 bits per heavy atom. The van der Waals surface area contributed by atoms with Gasteiger partial charge in [-0.3, -0.25) is 9.59 Å². The molecule has 2 aromatic heterocycles. The molecule has 0 spiro atoms. The van der Waals surface area contributed by atoms with Gasteiger partial charge in [0.1, 0.15) is 9.88 Å². The van der Waals surface area contributed by atoms with Crippen molar-refractivity contribution in [3.05, 3.63) is 27.9 Å². The van der Waals surface area contributed by atoms with Crippen LogP contribution >= 0.6 is 22.7 Å². The van der Waals surface area contributed by atoms with Crippen LogP contribution in [0.2, 0.25) is 0 Å². The molecule has 2 aromatic rings. The molecule has 1 aliphatic carbocycles. The third kappa shape index (κ3) is 3.48. The van der Waals surface area contributed by atoms with E-state index in [2.05, 4.69) is 10.3 Å². The summed E-state index contributed by atoms with van der Waals surface area (Å²) in [5.41, 5.74) is 1.01. The number of carboxylic acids is 1. The van der Waals surface area contributed by atoms with Gasteiger partial charge in [0.2, 0.25) is 0 Å². The Bertz CT molecular complexity index is 647. The average molecular weight is 322 g/mol. The van der Waals surface area contributed by atoms with Crippen LogP contribution in [-0.2, 0) is 4.79 Å². The Balaban J connectivity index is 1.68. The van der Waals surface area contributed by atoms with Gasteiger partial charge < -0.3 is 10.4 Å². The summed E-state index contributed by atoms with van der Waals surface area (Å²) in [6.45, 7) is 0. The van der Waals surface area contributed by atoms with E-state index in [0.717, 1.165) is 23.4 Å². The van der Waals surface area contributed by atoms with Gasteiger partial charge in [0.25, 0.3) is 5.91 Å². The molecule has 1 fully saturated rings. The number of rotatable bonds is 6. The molecule has 3 rings (SSSR count). The van der Waals surface area contributed by atoms with Crippen molar-refractivity contribution in [3.63, 3.8) is 0 Å². The molecule has 7 heteroatoms. The van der Waals surface area contributed by atoms with Crippen molar-refractivity contribution in [2.24, 2.45) is 5.92 Å². The highest BCUT2D eigenvalue weighted by atomic mass is 32.1. The summed E-state index contributed by atoms with van der Waals surface area (Å²) in [5, 5.41) is 16.5. The summed E-state index contributed by atoms with van der Waals surface area (Å²) in [6.07, 6.45) is 3.51. The first-order chi connectivity index (χ1) is 10.1. The molecule has 1 amide bonds. The van der Waals surface area contributed by atoms with Gasteiger partial charge in [-0.2, -0.15) is 11.3 Å². The number of carbonyl (C=O) groups excluding carboxylic acids is 1. The van der Waals surface area contributed by atoms with Crippen LogP contribution in [0.5, 0.6) is 0 Å². The fourth-order valence-corrected chi connectivity index (χ4v) is 3.69. The van der Waals surface area contributed by atoms with Gasteiger partial charge in [-0.25, -0.2) is 4.98 Å². The Hall–Kier alpha value is -1.73. The lowest BCUT2D eigenvalue weighted by atomic mass is 10.1. The van der Waals surface area contributed by atoms with E-state index in [4.69, 9.17) is 5.11 Å². The number of aromatic nitrogens is 1. The summed E-state index contributed by atoms with van der Waals surface area (Å²) in [5.74, 6) is -0.808. The van der Waals surface area contributed by atoms with Crippen LogP contribution in [0.15, 0.2) is 23.0 Å². The SMILES string of the molecule is O=C(O)C[C@@H](NC(=O)c1cnc(-c2ccsc2)s1)C1CC1. The molecular formula is C14H14N2O3S2. The molecule has 5 nitrogen and oxygen atoms in total. The average Bonchev–Trinajstić information content (AvgIpc) is 2.95. The molecule has 0 bridgehead atoms. The number of hydrogen-bond acceptors (Lipinski definition) is 5. The number of hydrogen-bond donors (Lipinski definition) is 2. The third-order valence-electron chi connectivity index (χ3n) is 3.40. The lowest BCUT2D eigenvalue weighted by Crippen LogP contribution is -2.37. The molecule has 2 heterocycles. The first-order valence-electron chi connectivity index (χ1n) is 6.64. The van der Waals surface area contributed by atoms with Crippen LogP contribution in [0.1, 0.15) is 28.9 Å². The van der Waals surface area contributed by atoms with E-state index in [0.29, 0.717) is 10.8 Å². The minimum Gasteiger partial charge on any atom is -0.481 e. The van der Waals surface area contributed by atoms with Gasteiger partial charge in [0, 0.05) is 17.0 Å². The molecule has 0 unspecified atom stereocenters. The summed E-state index contributed by atoms with van der Waals surface area (Å²) in [7, 11) is 0. The van der Waals surface area contributed by atoms with Crippen LogP contribution in [0.4, 0.5) is 0 Å². The number of aliphatic carboxylic acids is 1. The van der Waals surface area contributed by atoms with Crippen LogP contribution in [0, 0.1) is 5.92 Å². The molecule has 110 valence electrons. The molecule has 1 saturated carbocycles. The maximum Gasteiger partial charge on any atom is 0.305 e. The number of amides is 1. The van der Waals surface area contributed by atoms with Crippen molar-refractivity contribution in [3.8, 4) is 10.6 Å². The highest BCUT2D eigenvalue weighted by Gasteiger charge is 2.34. The zero-order valence-corrected chi connectivity index (χ0v) is 12.7. The van der Waals surface area contributed by atoms with Gasteiger partial charge in [-0.15, -0.1) is 11.3 Å². The fraction of sp³-hybridized carbons (Fsp3) is 0.357. The number of thiazole rings is 1. The number of carbonyl (C=O) groups is 2. The van der Waals surface area contributed by atoms with Crippen molar-refractivity contribution in [2.45, 2.75) is 25.3 Å². The van der Waals surface area contributed by atoms with E-state index < -0.39 is 5.97 Å². The summed E-state index contributed by atoms with van der Waals surface area (Å²) < 4.78 is 0. The van der Waals surface area contributed by atoms with E-state index in [1.54, 1.807) is 17.5 Å². The van der Waals surface area contributed by atoms with Crippen molar-refractivity contribution < 1.29 is 14.7 Å². The maximum absolute atomic E-state index is 12.2. The zero-order chi connectivity index (χ0) is 14.8. The zero-order valence-electron chi connectivity index (χ0n) is 11.1. The predicted molar refractivity (Wildman–Crippen MR) is 81.7 cm³/mol. The van der Waals surface area contributed by atoms with Crippen LogP contribution in [0.25, 0.3) is 10.6 Å². The Labute approximate surface area is 129 Å². The van der Waals surface area contributed by atoms with Gasteiger partial charge >= 0.3 is 5.97 Å². The predicted octanol–water partition coefficient (Wildman–Crippen LogP) is 2.85. The maximum atomic E-state index is 12.2. The monoisotopic (exact) mass is 322 g/mol. The summed E-state index contributed by atoms with van der Waals surface area (Å²) in [6, 6.07) is 1.68. The molecule has 0 aliphatic heterocycles. The minimum atomic E-state index is -0.879. The molecular weight excluding hydrogens is 308 g/mol. The topological polar surface area (TPSA) is 79.3 Å². The number of thiophene rings is 1. The Kier molecular flexibility index (Phi) is 4.03. The Morgan fingerprint density at radius 1 is 1.48 bits per heavy atom. The highest BCUT2D eigenvalue weighted by Crippen LogP contribution is 2.34. The van der Waals surface area contributed by atoms with E-state index in [9.17, 15) is 9.59 Å². The molecule has 1 aliphatic rings. The van der Waals surface area contributed by atoms with Crippen LogP contribution < -0.4 is 5.32 Å². The van der Waals surface area contributed by atoms with Gasteiger partial charge in [-0.1, -0.05) is 0 Å². The highest BCUT2D eigenvalue weighted by molar-refractivity contribution is 7.17. The van der Waals surface area contributed by atoms with E-state index in [-0.39, 0.29) is 18.4 Å². The van der Waals surface area contributed by atoms with Gasteiger partial charge in [-0.05, 0) is 30.2 Å². The second-order valence-electron chi connectivity index (χ2n) is 5.06. The summed E-state index contributed by atoms with van der Waals surface area (Å²) in [4.78, 5) is 27.9. The van der Waals surface area contributed by atoms with Gasteiger partial charge in [0.15, 0.2) is 0 Å². The molecule has 21 heavy (non-hydrogen) atoms. The van der Waals surface area contributed by atoms with Crippen LogP contribution in [0.3, 0.4) is 0 Å². The quantitative estimate of drug-likeness (QED) is 0.857. The number of carboxylic acid groups (broad SMARTS) is 1. The molecule has 2 N–H and O–H groups in total. The largest absolute Gasteiger partial charge is 0.481 e. The van der Waals surface area contributed by atoms with Crippen molar-refractivity contribution in [1.82, 2.24) is 10.3 Å². The molecule has 1 atom stereocenters. The fourth-order valence-electron chi connectivity index (χ4n) is 2.16. The second kappa shape index (κ2) is 5.95. The normalized spacial score (nSPS) is 15.6. The standard InChI is InChI=1S/C14H14N2O3S2/c17-12(18)5-10(8-1-2-8)16-13(19)11-6-15-14(21-11)9-3-4-20-7-9/h3-4,6-8,10H,1-2,5H2,(H,16,19)(H,17,18)/t10-/m1/s1. The number of nitrogens with one attached hydrogen (secondary N) is 1. The van der Waals surface area contributed by atoms with Crippen LogP contribution in [-0.4, -0.2) is 28.0 Å². The molecule has 0 radical (unpaired) electrons. The Morgan fingerprint density at radius 3 is 2.90 bits per heavy atom. The van der Waals surface area contributed by atoms with Crippen molar-refractivity contribution >= 4 is 34.6 Å². The van der Waals surface area contributed by atoms with Crippen molar-refractivity contribution in [2.75, 3.05) is 0 Å². The lowest BCUT2D eigenvalue weighted by Gasteiger charge is -2.15. The molecule has 0 saturated heterocycles. The first kappa shape index (κ1) is 14.2. The van der Waals surface area contributed by atoms with Crippen molar-refractivity contribution in [1.29, 1.82) is 0 Å². The van der Waals surface area contributed by atoms with E-state index in [1.807, 2.05) is 16.8 Å². The lowest BCUT2D eigenvalue weighted by molar-refractivity contribution is -0.137. The molecule has 0 aromatic carbocycles.